The predicted molar refractivity (Wildman–Crippen MR) is 64.6 cm³/mol. The zero-order valence-corrected chi connectivity index (χ0v) is 9.45. The first-order chi connectivity index (χ1) is 7.84. The summed E-state index contributed by atoms with van der Waals surface area (Å²) in [5.41, 5.74) is 1.02. The van der Waals surface area contributed by atoms with E-state index in [4.69, 9.17) is 0 Å². The number of allylic oxidation sites excluding steroid dienone is 2. The Morgan fingerprint density at radius 2 is 2.25 bits per heavy atom. The second-order valence-electron chi connectivity index (χ2n) is 4.41. The number of benzene rings is 1. The van der Waals surface area contributed by atoms with Gasteiger partial charge in [0.2, 0.25) is 0 Å². The van der Waals surface area contributed by atoms with Gasteiger partial charge in [0.25, 0.3) is 0 Å². The first-order valence-corrected chi connectivity index (χ1v) is 5.95. The first-order valence-electron chi connectivity index (χ1n) is 5.95. The molecule has 86 valence electrons. The molecular formula is C14H18FN. The molecule has 1 aromatic carbocycles. The standard InChI is InChI=1S/C14H18FN/c15-14-8-4-7-13(9-14)11-16-10-12-5-2-1-3-6-12/h1-2,4,7-9,12,16H,3,5-6,10-11H2. The third-order valence-electron chi connectivity index (χ3n) is 3.03. The zero-order valence-electron chi connectivity index (χ0n) is 9.45. The van der Waals surface area contributed by atoms with Crippen molar-refractivity contribution in [2.75, 3.05) is 6.54 Å². The quantitative estimate of drug-likeness (QED) is 0.766. The van der Waals surface area contributed by atoms with Gasteiger partial charge in [0.1, 0.15) is 5.82 Å². The van der Waals surface area contributed by atoms with Gasteiger partial charge in [-0.3, -0.25) is 0 Å². The van der Waals surface area contributed by atoms with Crippen LogP contribution in [0.15, 0.2) is 36.4 Å². The van der Waals surface area contributed by atoms with Crippen LogP contribution in [-0.4, -0.2) is 6.54 Å². The Bertz CT molecular complexity index is 360. The lowest BCUT2D eigenvalue weighted by Gasteiger charge is -2.18. The average Bonchev–Trinajstić information content (AvgIpc) is 2.30. The van der Waals surface area contributed by atoms with Gasteiger partial charge < -0.3 is 5.32 Å². The van der Waals surface area contributed by atoms with E-state index in [0.717, 1.165) is 24.6 Å². The van der Waals surface area contributed by atoms with Gasteiger partial charge in [-0.25, -0.2) is 4.39 Å². The highest BCUT2D eigenvalue weighted by Gasteiger charge is 2.08. The molecule has 0 aliphatic heterocycles. The Morgan fingerprint density at radius 3 is 3.00 bits per heavy atom. The van der Waals surface area contributed by atoms with E-state index < -0.39 is 0 Å². The summed E-state index contributed by atoms with van der Waals surface area (Å²) in [6, 6.07) is 6.79. The highest BCUT2D eigenvalue weighted by atomic mass is 19.1. The molecule has 0 saturated heterocycles. The smallest absolute Gasteiger partial charge is 0.123 e. The number of halogens is 1. The maximum atomic E-state index is 12.9. The molecule has 1 aromatic rings. The molecule has 0 aromatic heterocycles. The third-order valence-corrected chi connectivity index (χ3v) is 3.03. The fourth-order valence-electron chi connectivity index (χ4n) is 2.11. The van der Waals surface area contributed by atoms with Crippen molar-refractivity contribution in [3.8, 4) is 0 Å². The van der Waals surface area contributed by atoms with E-state index in [0.29, 0.717) is 0 Å². The van der Waals surface area contributed by atoms with E-state index in [9.17, 15) is 4.39 Å². The van der Waals surface area contributed by atoms with Crippen LogP contribution in [0.1, 0.15) is 24.8 Å². The largest absolute Gasteiger partial charge is 0.312 e. The van der Waals surface area contributed by atoms with Crippen molar-refractivity contribution in [2.45, 2.75) is 25.8 Å². The molecule has 16 heavy (non-hydrogen) atoms. The second kappa shape index (κ2) is 5.80. The number of rotatable bonds is 4. The highest BCUT2D eigenvalue weighted by Crippen LogP contribution is 2.17. The van der Waals surface area contributed by atoms with Crippen molar-refractivity contribution in [3.63, 3.8) is 0 Å². The van der Waals surface area contributed by atoms with Gasteiger partial charge in [-0.05, 0) is 49.4 Å². The van der Waals surface area contributed by atoms with Gasteiger partial charge in [0.05, 0.1) is 0 Å². The summed E-state index contributed by atoms with van der Waals surface area (Å²) in [6.45, 7) is 1.79. The zero-order chi connectivity index (χ0) is 11.2. The number of hydrogen-bond acceptors (Lipinski definition) is 1. The normalized spacial score (nSPS) is 19.9. The fourth-order valence-corrected chi connectivity index (χ4v) is 2.11. The van der Waals surface area contributed by atoms with Crippen molar-refractivity contribution in [3.05, 3.63) is 47.8 Å². The highest BCUT2D eigenvalue weighted by molar-refractivity contribution is 5.15. The van der Waals surface area contributed by atoms with Crippen molar-refractivity contribution >= 4 is 0 Å². The number of hydrogen-bond donors (Lipinski definition) is 1. The van der Waals surface area contributed by atoms with Crippen molar-refractivity contribution in [2.24, 2.45) is 5.92 Å². The first kappa shape index (κ1) is 11.3. The summed E-state index contributed by atoms with van der Waals surface area (Å²) in [5.74, 6) is 0.596. The van der Waals surface area contributed by atoms with Crippen LogP contribution < -0.4 is 5.32 Å². The summed E-state index contributed by atoms with van der Waals surface area (Å²) < 4.78 is 12.9. The SMILES string of the molecule is Fc1cccc(CNCC2CC=CCC2)c1. The van der Waals surface area contributed by atoms with Crippen molar-refractivity contribution < 1.29 is 4.39 Å². The molecule has 1 aliphatic carbocycles. The van der Waals surface area contributed by atoms with Crippen LogP contribution in [0, 0.1) is 11.7 Å². The molecule has 0 spiro atoms. The monoisotopic (exact) mass is 219 g/mol. The van der Waals surface area contributed by atoms with Crippen LogP contribution in [0.2, 0.25) is 0 Å². The minimum Gasteiger partial charge on any atom is -0.312 e. The van der Waals surface area contributed by atoms with E-state index in [1.54, 1.807) is 12.1 Å². The average molecular weight is 219 g/mol. The summed E-state index contributed by atoms with van der Waals surface area (Å²) in [6.07, 6.45) is 8.16. The molecule has 1 nitrogen and oxygen atoms in total. The minimum absolute atomic E-state index is 0.153. The second-order valence-corrected chi connectivity index (χ2v) is 4.41. The van der Waals surface area contributed by atoms with Crippen molar-refractivity contribution in [1.29, 1.82) is 0 Å². The molecule has 0 amide bonds. The van der Waals surface area contributed by atoms with Crippen LogP contribution in [0.4, 0.5) is 4.39 Å². The summed E-state index contributed by atoms with van der Waals surface area (Å²) in [4.78, 5) is 0. The molecule has 0 fully saturated rings. The molecule has 1 unspecified atom stereocenters. The lowest BCUT2D eigenvalue weighted by molar-refractivity contribution is 0.440. The molecule has 0 radical (unpaired) electrons. The van der Waals surface area contributed by atoms with Gasteiger partial charge in [-0.2, -0.15) is 0 Å². The maximum Gasteiger partial charge on any atom is 0.123 e. The molecule has 2 rings (SSSR count). The Labute approximate surface area is 96.4 Å². The van der Waals surface area contributed by atoms with Crippen LogP contribution in [-0.2, 0) is 6.54 Å². The summed E-state index contributed by atoms with van der Waals surface area (Å²) >= 11 is 0. The van der Waals surface area contributed by atoms with E-state index in [2.05, 4.69) is 17.5 Å². The minimum atomic E-state index is -0.153. The maximum absolute atomic E-state index is 12.9. The molecule has 0 bridgehead atoms. The van der Waals surface area contributed by atoms with E-state index >= 15 is 0 Å². The van der Waals surface area contributed by atoms with E-state index in [1.807, 2.05) is 6.07 Å². The van der Waals surface area contributed by atoms with Crippen molar-refractivity contribution in [1.82, 2.24) is 5.32 Å². The van der Waals surface area contributed by atoms with Crippen LogP contribution in [0.5, 0.6) is 0 Å². The molecular weight excluding hydrogens is 201 g/mol. The topological polar surface area (TPSA) is 12.0 Å². The molecule has 1 N–H and O–H groups in total. The van der Waals surface area contributed by atoms with Gasteiger partial charge in [0.15, 0.2) is 0 Å². The molecule has 0 heterocycles. The number of nitrogens with one attached hydrogen (secondary N) is 1. The fraction of sp³-hybridized carbons (Fsp3) is 0.429. The van der Waals surface area contributed by atoms with Gasteiger partial charge >= 0.3 is 0 Å². The summed E-state index contributed by atoms with van der Waals surface area (Å²) in [5, 5.41) is 3.40. The Hall–Kier alpha value is -1.15. The van der Waals surface area contributed by atoms with Crippen LogP contribution in [0.25, 0.3) is 0 Å². The van der Waals surface area contributed by atoms with E-state index in [1.165, 1.54) is 25.3 Å². The van der Waals surface area contributed by atoms with Crippen LogP contribution >= 0.6 is 0 Å². The van der Waals surface area contributed by atoms with Gasteiger partial charge in [-0.15, -0.1) is 0 Å². The van der Waals surface area contributed by atoms with Crippen LogP contribution in [0.3, 0.4) is 0 Å². The Balaban J connectivity index is 1.73. The molecule has 0 saturated carbocycles. The third kappa shape index (κ3) is 3.46. The lowest BCUT2D eigenvalue weighted by atomic mass is 9.94. The molecule has 2 heteroatoms. The Kier molecular flexibility index (Phi) is 4.11. The van der Waals surface area contributed by atoms with Gasteiger partial charge in [0, 0.05) is 6.54 Å². The van der Waals surface area contributed by atoms with E-state index in [-0.39, 0.29) is 5.82 Å². The Morgan fingerprint density at radius 1 is 1.31 bits per heavy atom. The predicted octanol–water partition coefficient (Wildman–Crippen LogP) is 3.27. The molecule has 1 atom stereocenters. The van der Waals surface area contributed by atoms with Gasteiger partial charge in [-0.1, -0.05) is 24.3 Å². The molecule has 1 aliphatic rings. The summed E-state index contributed by atoms with van der Waals surface area (Å²) in [7, 11) is 0. The lowest BCUT2D eigenvalue weighted by Crippen LogP contribution is -2.23.